The molecule has 6 heteroatoms. The molecule has 0 radical (unpaired) electrons. The number of hydrogen-bond donors (Lipinski definition) is 1. The van der Waals surface area contributed by atoms with Crippen molar-refractivity contribution >= 4 is 11.8 Å². The van der Waals surface area contributed by atoms with Crippen molar-refractivity contribution in [1.82, 2.24) is 9.88 Å². The average molecular weight is 279 g/mol. The largest absolute Gasteiger partial charge is 0.444 e. The third-order valence-corrected chi connectivity index (χ3v) is 2.86. The van der Waals surface area contributed by atoms with Crippen molar-refractivity contribution in [1.29, 1.82) is 0 Å². The van der Waals surface area contributed by atoms with Crippen molar-refractivity contribution in [2.45, 2.75) is 32.5 Å². The molecule has 1 aromatic rings. The van der Waals surface area contributed by atoms with Crippen LogP contribution in [0, 0.1) is 0 Å². The van der Waals surface area contributed by atoms with Crippen molar-refractivity contribution < 1.29 is 14.3 Å². The van der Waals surface area contributed by atoms with Gasteiger partial charge in [0.25, 0.3) is 0 Å². The summed E-state index contributed by atoms with van der Waals surface area (Å²) < 4.78 is 11.0. The van der Waals surface area contributed by atoms with Gasteiger partial charge in [0.05, 0.1) is 30.7 Å². The Balaban J connectivity index is 2.01. The maximum atomic E-state index is 12.1. The minimum Gasteiger partial charge on any atom is -0.444 e. The molecule has 2 heterocycles. The zero-order chi connectivity index (χ0) is 14.8. The lowest BCUT2D eigenvalue weighted by atomic mass is 10.2. The quantitative estimate of drug-likeness (QED) is 0.850. The molecule has 20 heavy (non-hydrogen) atoms. The first kappa shape index (κ1) is 14.6. The number of rotatable bonds is 1. The van der Waals surface area contributed by atoms with Gasteiger partial charge in [0.1, 0.15) is 11.7 Å². The van der Waals surface area contributed by atoms with Crippen LogP contribution in [0.25, 0.3) is 0 Å². The molecular weight excluding hydrogens is 258 g/mol. The molecule has 110 valence electrons. The SMILES string of the molecule is CC(C)(C)OC(=O)N1CCOC(c2ccc(N)cn2)C1. The standard InChI is InChI=1S/C14H21N3O3/c1-14(2,3)20-13(18)17-6-7-19-12(9-17)11-5-4-10(15)8-16-11/h4-5,8,12H,6-7,9,15H2,1-3H3. The van der Waals surface area contributed by atoms with Crippen LogP contribution in [-0.4, -0.2) is 41.3 Å². The Labute approximate surface area is 118 Å². The summed E-state index contributed by atoms with van der Waals surface area (Å²) in [5.74, 6) is 0. The summed E-state index contributed by atoms with van der Waals surface area (Å²) in [6.45, 7) is 6.99. The molecule has 0 spiro atoms. The number of nitrogen functional groups attached to an aromatic ring is 1. The lowest BCUT2D eigenvalue weighted by Gasteiger charge is -2.34. The summed E-state index contributed by atoms with van der Waals surface area (Å²) in [7, 11) is 0. The summed E-state index contributed by atoms with van der Waals surface area (Å²) in [6, 6.07) is 3.59. The van der Waals surface area contributed by atoms with Crippen molar-refractivity contribution in [2.75, 3.05) is 25.4 Å². The Kier molecular flexibility index (Phi) is 4.13. The van der Waals surface area contributed by atoms with Gasteiger partial charge in [-0.2, -0.15) is 0 Å². The van der Waals surface area contributed by atoms with Crippen LogP contribution in [-0.2, 0) is 9.47 Å². The number of aromatic nitrogens is 1. The third kappa shape index (κ3) is 3.84. The molecule has 0 aromatic carbocycles. The molecule has 1 unspecified atom stereocenters. The predicted molar refractivity (Wildman–Crippen MR) is 75.1 cm³/mol. The second kappa shape index (κ2) is 5.66. The van der Waals surface area contributed by atoms with E-state index < -0.39 is 5.60 Å². The van der Waals surface area contributed by atoms with Gasteiger partial charge in [0, 0.05) is 6.54 Å². The van der Waals surface area contributed by atoms with Gasteiger partial charge in [0.2, 0.25) is 0 Å². The monoisotopic (exact) mass is 279 g/mol. The molecule has 1 aliphatic heterocycles. The Hall–Kier alpha value is -1.82. The third-order valence-electron chi connectivity index (χ3n) is 2.86. The van der Waals surface area contributed by atoms with Gasteiger partial charge < -0.3 is 20.1 Å². The first-order chi connectivity index (χ1) is 9.35. The van der Waals surface area contributed by atoms with E-state index in [2.05, 4.69) is 4.98 Å². The summed E-state index contributed by atoms with van der Waals surface area (Å²) in [5, 5.41) is 0. The fraction of sp³-hybridized carbons (Fsp3) is 0.571. The van der Waals surface area contributed by atoms with E-state index >= 15 is 0 Å². The second-order valence-corrected chi connectivity index (χ2v) is 5.80. The number of morpholine rings is 1. The second-order valence-electron chi connectivity index (χ2n) is 5.80. The molecular formula is C14H21N3O3. The number of carbonyl (C=O) groups excluding carboxylic acids is 1. The topological polar surface area (TPSA) is 77.7 Å². The Morgan fingerprint density at radius 1 is 1.50 bits per heavy atom. The molecule has 0 aliphatic carbocycles. The number of carbonyl (C=O) groups is 1. The van der Waals surface area contributed by atoms with E-state index in [1.807, 2.05) is 26.8 Å². The highest BCUT2D eigenvalue weighted by atomic mass is 16.6. The van der Waals surface area contributed by atoms with Crippen LogP contribution in [0.3, 0.4) is 0 Å². The number of pyridine rings is 1. The predicted octanol–water partition coefficient (Wildman–Crippen LogP) is 1.97. The fourth-order valence-corrected chi connectivity index (χ4v) is 1.93. The molecule has 0 bridgehead atoms. The summed E-state index contributed by atoms with van der Waals surface area (Å²) >= 11 is 0. The van der Waals surface area contributed by atoms with Crippen molar-refractivity contribution in [3.63, 3.8) is 0 Å². The van der Waals surface area contributed by atoms with Crippen LogP contribution in [0.5, 0.6) is 0 Å². The van der Waals surface area contributed by atoms with Crippen LogP contribution >= 0.6 is 0 Å². The zero-order valence-corrected chi connectivity index (χ0v) is 12.1. The van der Waals surface area contributed by atoms with Gasteiger partial charge in [-0.15, -0.1) is 0 Å². The van der Waals surface area contributed by atoms with Crippen molar-refractivity contribution in [3.05, 3.63) is 24.0 Å². The maximum absolute atomic E-state index is 12.1. The smallest absolute Gasteiger partial charge is 0.410 e. The number of nitrogens with zero attached hydrogens (tertiary/aromatic N) is 2. The Morgan fingerprint density at radius 3 is 2.85 bits per heavy atom. The van der Waals surface area contributed by atoms with Crippen LogP contribution in [0.1, 0.15) is 32.6 Å². The van der Waals surface area contributed by atoms with E-state index in [1.54, 1.807) is 17.2 Å². The van der Waals surface area contributed by atoms with Gasteiger partial charge in [-0.25, -0.2) is 4.79 Å². The lowest BCUT2D eigenvalue weighted by molar-refractivity contribution is -0.0447. The molecule has 1 saturated heterocycles. The molecule has 2 N–H and O–H groups in total. The van der Waals surface area contributed by atoms with Gasteiger partial charge in [-0.3, -0.25) is 4.98 Å². The molecule has 6 nitrogen and oxygen atoms in total. The summed E-state index contributed by atoms with van der Waals surface area (Å²) in [4.78, 5) is 17.9. The minimum atomic E-state index is -0.496. The van der Waals surface area contributed by atoms with E-state index in [4.69, 9.17) is 15.2 Å². The molecule has 0 saturated carbocycles. The number of anilines is 1. The minimum absolute atomic E-state index is 0.239. The summed E-state index contributed by atoms with van der Waals surface area (Å²) in [5.41, 5.74) is 6.49. The van der Waals surface area contributed by atoms with Crippen LogP contribution in [0.4, 0.5) is 10.5 Å². The number of nitrogens with two attached hydrogens (primary N) is 1. The van der Waals surface area contributed by atoms with Crippen LogP contribution in [0.15, 0.2) is 18.3 Å². The van der Waals surface area contributed by atoms with Gasteiger partial charge in [-0.05, 0) is 32.9 Å². The van der Waals surface area contributed by atoms with E-state index in [1.165, 1.54) is 0 Å². The molecule has 1 amide bonds. The van der Waals surface area contributed by atoms with Crippen molar-refractivity contribution in [3.8, 4) is 0 Å². The normalized spacial score (nSPS) is 19.8. The number of hydrogen-bond acceptors (Lipinski definition) is 5. The Bertz CT molecular complexity index is 468. The van der Waals surface area contributed by atoms with Gasteiger partial charge in [0.15, 0.2) is 0 Å². The first-order valence-electron chi connectivity index (χ1n) is 6.66. The fourth-order valence-electron chi connectivity index (χ4n) is 1.93. The molecule has 1 aromatic heterocycles. The number of ether oxygens (including phenoxy) is 2. The van der Waals surface area contributed by atoms with Crippen LogP contribution < -0.4 is 5.73 Å². The zero-order valence-electron chi connectivity index (χ0n) is 12.1. The first-order valence-corrected chi connectivity index (χ1v) is 6.66. The van der Waals surface area contributed by atoms with E-state index in [9.17, 15) is 4.79 Å². The maximum Gasteiger partial charge on any atom is 0.410 e. The highest BCUT2D eigenvalue weighted by Crippen LogP contribution is 2.22. The van der Waals surface area contributed by atoms with E-state index in [0.29, 0.717) is 25.4 Å². The number of amides is 1. The van der Waals surface area contributed by atoms with Crippen molar-refractivity contribution in [2.24, 2.45) is 0 Å². The summed E-state index contributed by atoms with van der Waals surface area (Å²) in [6.07, 6.45) is 1.03. The Morgan fingerprint density at radius 2 is 2.25 bits per heavy atom. The molecule has 1 atom stereocenters. The van der Waals surface area contributed by atoms with E-state index in [-0.39, 0.29) is 12.2 Å². The highest BCUT2D eigenvalue weighted by molar-refractivity contribution is 5.68. The van der Waals surface area contributed by atoms with Crippen LogP contribution in [0.2, 0.25) is 0 Å². The molecule has 1 fully saturated rings. The van der Waals surface area contributed by atoms with E-state index in [0.717, 1.165) is 5.69 Å². The van der Waals surface area contributed by atoms with Gasteiger partial charge >= 0.3 is 6.09 Å². The average Bonchev–Trinajstić information content (AvgIpc) is 2.38. The highest BCUT2D eigenvalue weighted by Gasteiger charge is 2.29. The molecule has 2 rings (SSSR count). The lowest BCUT2D eigenvalue weighted by Crippen LogP contribution is -2.44. The molecule has 1 aliphatic rings. The van der Waals surface area contributed by atoms with Gasteiger partial charge in [-0.1, -0.05) is 0 Å².